The van der Waals surface area contributed by atoms with Gasteiger partial charge in [0.1, 0.15) is 5.54 Å². The molecule has 0 aromatic heterocycles. The van der Waals surface area contributed by atoms with Gasteiger partial charge < -0.3 is 26.6 Å². The normalized spacial score (nSPS) is 27.1. The molecular formula is C11H25BN4O6S. The van der Waals surface area contributed by atoms with Crippen LogP contribution in [0.2, 0.25) is 6.32 Å². The Morgan fingerprint density at radius 2 is 2.13 bits per heavy atom. The van der Waals surface area contributed by atoms with E-state index in [1.54, 1.807) is 6.92 Å². The minimum absolute atomic E-state index is 0.0447. The maximum Gasteiger partial charge on any atom is 0.451 e. The Bertz CT molecular complexity index is 519. The predicted molar refractivity (Wildman–Crippen MR) is 84.4 cm³/mol. The van der Waals surface area contributed by atoms with Crippen LogP contribution in [0.5, 0.6) is 0 Å². The van der Waals surface area contributed by atoms with E-state index in [1.165, 1.54) is 0 Å². The molecule has 0 aromatic carbocycles. The van der Waals surface area contributed by atoms with Crippen LogP contribution < -0.4 is 16.2 Å². The first-order valence-electron chi connectivity index (χ1n) is 7.38. The van der Waals surface area contributed by atoms with Gasteiger partial charge in [-0.05, 0) is 19.7 Å². The summed E-state index contributed by atoms with van der Waals surface area (Å²) in [6.45, 7) is 1.32. The Morgan fingerprint density at radius 3 is 2.61 bits per heavy atom. The molecule has 0 saturated carbocycles. The molecule has 1 aliphatic rings. The Balaban J connectivity index is 2.85. The van der Waals surface area contributed by atoms with Crippen LogP contribution in [-0.4, -0.2) is 72.2 Å². The lowest BCUT2D eigenvalue weighted by Crippen LogP contribution is -2.55. The van der Waals surface area contributed by atoms with E-state index in [-0.39, 0.29) is 32.4 Å². The third-order valence-corrected chi connectivity index (χ3v) is 5.71. The lowest BCUT2D eigenvalue weighted by Gasteiger charge is -2.25. The van der Waals surface area contributed by atoms with Crippen molar-refractivity contribution < 1.29 is 28.4 Å². The van der Waals surface area contributed by atoms with Gasteiger partial charge in [-0.15, -0.1) is 0 Å². The fraction of sp³-hybridized carbons (Fsp3) is 0.909. The second kappa shape index (κ2) is 7.88. The highest BCUT2D eigenvalue weighted by Gasteiger charge is 2.52. The predicted octanol–water partition coefficient (Wildman–Crippen LogP) is -2.87. The smallest absolute Gasteiger partial charge is 0.451 e. The van der Waals surface area contributed by atoms with Crippen LogP contribution in [0.4, 0.5) is 0 Å². The van der Waals surface area contributed by atoms with Gasteiger partial charge in [0.15, 0.2) is 0 Å². The molecular weight excluding hydrogens is 327 g/mol. The van der Waals surface area contributed by atoms with Gasteiger partial charge in [-0.1, -0.05) is 6.42 Å². The summed E-state index contributed by atoms with van der Waals surface area (Å²) in [5.74, 6) is -1.90. The second-order valence-electron chi connectivity index (χ2n) is 6.01. The largest absolute Gasteiger partial charge is 0.480 e. The SMILES string of the molecule is C[C@H](CN)NS(=O)(=O)N1C[C@H](CCCB(O)O)[C@](N)(C(=O)O)C1. The lowest BCUT2D eigenvalue weighted by atomic mass is 9.78. The number of carboxylic acid groups (broad SMARTS) is 1. The number of rotatable bonds is 9. The zero-order chi connectivity index (χ0) is 17.8. The first-order valence-corrected chi connectivity index (χ1v) is 8.82. The molecule has 0 radical (unpaired) electrons. The Hall–Kier alpha value is -0.755. The van der Waals surface area contributed by atoms with Crippen molar-refractivity contribution in [3.05, 3.63) is 0 Å². The molecule has 0 aliphatic carbocycles. The minimum atomic E-state index is -3.89. The number of hydrogen-bond donors (Lipinski definition) is 6. The van der Waals surface area contributed by atoms with Crippen LogP contribution in [-0.2, 0) is 15.0 Å². The molecule has 12 heteroatoms. The zero-order valence-corrected chi connectivity index (χ0v) is 13.9. The molecule has 0 amide bonds. The van der Waals surface area contributed by atoms with E-state index in [0.717, 1.165) is 4.31 Å². The van der Waals surface area contributed by atoms with E-state index < -0.39 is 40.8 Å². The van der Waals surface area contributed by atoms with Gasteiger partial charge in [-0.25, -0.2) is 0 Å². The van der Waals surface area contributed by atoms with Gasteiger partial charge in [0.05, 0.1) is 0 Å². The molecule has 1 rings (SSSR count). The van der Waals surface area contributed by atoms with Crippen molar-refractivity contribution in [3.63, 3.8) is 0 Å². The molecule has 3 atom stereocenters. The second-order valence-corrected chi connectivity index (χ2v) is 7.71. The standard InChI is InChI=1S/C11H25BN4O6S/c1-8(5-13)15-23(21,22)16-6-9(3-2-4-12(19)20)11(14,7-16)10(17)18/h8-9,15,19-20H,2-7,13-14H2,1H3,(H,17,18)/t8-,9+,11+/m1/s1. The van der Waals surface area contributed by atoms with Gasteiger partial charge in [0, 0.05) is 31.6 Å². The number of carboxylic acids is 1. The molecule has 134 valence electrons. The van der Waals surface area contributed by atoms with E-state index >= 15 is 0 Å². The van der Waals surface area contributed by atoms with E-state index in [0.29, 0.717) is 6.42 Å². The molecule has 0 unspecified atom stereocenters. The lowest BCUT2D eigenvalue weighted by molar-refractivity contribution is -0.144. The highest BCUT2D eigenvalue weighted by atomic mass is 32.2. The van der Waals surface area contributed by atoms with Crippen molar-refractivity contribution >= 4 is 23.3 Å². The Kier molecular flexibility index (Phi) is 6.95. The number of nitrogens with two attached hydrogens (primary N) is 2. The fourth-order valence-electron chi connectivity index (χ4n) is 2.59. The van der Waals surface area contributed by atoms with E-state index in [9.17, 15) is 18.3 Å². The van der Waals surface area contributed by atoms with Crippen LogP contribution in [0.3, 0.4) is 0 Å². The molecule has 1 heterocycles. The number of nitrogens with one attached hydrogen (secondary N) is 1. The van der Waals surface area contributed by atoms with Crippen molar-refractivity contribution in [2.24, 2.45) is 17.4 Å². The molecule has 1 aliphatic heterocycles. The van der Waals surface area contributed by atoms with Gasteiger partial charge in [-0.2, -0.15) is 17.4 Å². The molecule has 1 saturated heterocycles. The molecule has 0 spiro atoms. The van der Waals surface area contributed by atoms with Crippen molar-refractivity contribution in [2.75, 3.05) is 19.6 Å². The highest BCUT2D eigenvalue weighted by Crippen LogP contribution is 2.31. The fourth-order valence-corrected chi connectivity index (χ4v) is 4.11. The summed E-state index contributed by atoms with van der Waals surface area (Å²) < 4.78 is 27.9. The van der Waals surface area contributed by atoms with Crippen molar-refractivity contribution in [2.45, 2.75) is 37.7 Å². The monoisotopic (exact) mass is 352 g/mol. The number of hydrogen-bond acceptors (Lipinski definition) is 7. The topological polar surface area (TPSA) is 179 Å². The van der Waals surface area contributed by atoms with E-state index in [4.69, 9.17) is 21.5 Å². The number of aliphatic carboxylic acids is 1. The summed E-state index contributed by atoms with van der Waals surface area (Å²) in [5, 5.41) is 27.1. The molecule has 0 bridgehead atoms. The molecule has 8 N–H and O–H groups in total. The quantitative estimate of drug-likeness (QED) is 0.240. The summed E-state index contributed by atoms with van der Waals surface area (Å²) >= 11 is 0. The van der Waals surface area contributed by atoms with Gasteiger partial charge in [-0.3, -0.25) is 4.79 Å². The van der Waals surface area contributed by atoms with Gasteiger partial charge in [0.25, 0.3) is 10.2 Å². The third kappa shape index (κ3) is 5.11. The Labute approximate surface area is 136 Å². The Morgan fingerprint density at radius 1 is 1.52 bits per heavy atom. The summed E-state index contributed by atoms with van der Waals surface area (Å²) in [4.78, 5) is 11.5. The van der Waals surface area contributed by atoms with Gasteiger partial charge >= 0.3 is 13.1 Å². The minimum Gasteiger partial charge on any atom is -0.480 e. The maximum absolute atomic E-state index is 12.3. The average molecular weight is 352 g/mol. The van der Waals surface area contributed by atoms with E-state index in [2.05, 4.69) is 4.72 Å². The number of nitrogens with zero attached hydrogens (tertiary/aromatic N) is 1. The zero-order valence-electron chi connectivity index (χ0n) is 13.1. The molecule has 1 fully saturated rings. The molecule has 23 heavy (non-hydrogen) atoms. The van der Waals surface area contributed by atoms with Crippen LogP contribution in [0, 0.1) is 5.92 Å². The van der Waals surface area contributed by atoms with Crippen molar-refractivity contribution in [1.82, 2.24) is 9.03 Å². The summed E-state index contributed by atoms with van der Waals surface area (Å²) in [6.07, 6.45) is 0.676. The van der Waals surface area contributed by atoms with Crippen LogP contribution >= 0.6 is 0 Å². The van der Waals surface area contributed by atoms with Crippen molar-refractivity contribution in [1.29, 1.82) is 0 Å². The summed E-state index contributed by atoms with van der Waals surface area (Å²) in [5.41, 5.74) is 9.61. The molecule has 0 aromatic rings. The third-order valence-electron chi connectivity index (χ3n) is 4.05. The molecule has 10 nitrogen and oxygen atoms in total. The average Bonchev–Trinajstić information content (AvgIpc) is 2.77. The summed E-state index contributed by atoms with van der Waals surface area (Å²) in [7, 11) is -5.37. The summed E-state index contributed by atoms with van der Waals surface area (Å²) in [6, 6.07) is -0.486. The first-order chi connectivity index (χ1) is 10.5. The van der Waals surface area contributed by atoms with Crippen LogP contribution in [0.15, 0.2) is 0 Å². The highest BCUT2D eigenvalue weighted by molar-refractivity contribution is 7.87. The maximum atomic E-state index is 12.3. The van der Waals surface area contributed by atoms with Crippen LogP contribution in [0.1, 0.15) is 19.8 Å². The number of carbonyl (C=O) groups is 1. The van der Waals surface area contributed by atoms with Crippen LogP contribution in [0.25, 0.3) is 0 Å². The van der Waals surface area contributed by atoms with E-state index in [1.807, 2.05) is 0 Å². The van der Waals surface area contributed by atoms with Crippen molar-refractivity contribution in [3.8, 4) is 0 Å². The first kappa shape index (κ1) is 20.3. The van der Waals surface area contributed by atoms with Gasteiger partial charge in [0.2, 0.25) is 0 Å².